The minimum absolute atomic E-state index is 0.0142. The number of halogens is 1. The summed E-state index contributed by atoms with van der Waals surface area (Å²) in [6.45, 7) is 6.13. The molecule has 6 N–H and O–H groups in total. The van der Waals surface area contributed by atoms with E-state index >= 15 is 4.39 Å². The van der Waals surface area contributed by atoms with E-state index in [0.717, 1.165) is 4.57 Å². The molecule has 0 radical (unpaired) electrons. The van der Waals surface area contributed by atoms with E-state index in [-0.39, 0.29) is 42.2 Å². The molecule has 3 aromatic rings. The number of ether oxygens (including phenoxy) is 4. The number of phosphoric ester groups is 1. The van der Waals surface area contributed by atoms with Gasteiger partial charge >= 0.3 is 5.69 Å². The van der Waals surface area contributed by atoms with Crippen LogP contribution in [0.15, 0.2) is 28.2 Å². The van der Waals surface area contributed by atoms with Crippen molar-refractivity contribution in [3.05, 3.63) is 39.4 Å². The summed E-state index contributed by atoms with van der Waals surface area (Å²) in [7, 11) is -3.68. The number of anilines is 2. The first-order valence-corrected chi connectivity index (χ1v) is 17.2. The molecule has 50 heavy (non-hydrogen) atoms. The molecule has 2 aliphatic heterocycles. The summed E-state index contributed by atoms with van der Waals surface area (Å²) in [4.78, 5) is 65.2. The van der Waals surface area contributed by atoms with Gasteiger partial charge in [0, 0.05) is 32.2 Å². The number of imidazole rings is 1. The van der Waals surface area contributed by atoms with Crippen molar-refractivity contribution in [2.45, 2.75) is 89.4 Å². The molecule has 0 saturated carbocycles. The van der Waals surface area contributed by atoms with Gasteiger partial charge in [0.05, 0.1) is 31.2 Å². The first-order valence-electron chi connectivity index (χ1n) is 15.7. The molecule has 2 fully saturated rings. The molecular formula is C28H40FN9O11P-. The number of nitrogens with two attached hydrogens (primary N) is 2. The van der Waals surface area contributed by atoms with Gasteiger partial charge in [-0.1, -0.05) is 0 Å². The molecule has 3 aromatic heterocycles. The number of carbonyl (C=O) groups is 1. The SMILES string of the molecule is CO[C@@H]1[C@H](OP(=O)([O-])OC(C)C)[C@@H](CNC(=O)C[C@H]2[C@@H](F)[C@H](n3ccc(N)nc3=O)O[C@@H]2COC(C)C)O[C@H]1n1cnc2c(=O)[nH]c(N)nc21. The van der Waals surface area contributed by atoms with Crippen LogP contribution in [0.1, 0.15) is 46.6 Å². The molecule has 0 bridgehead atoms. The monoisotopic (exact) mass is 728 g/mol. The van der Waals surface area contributed by atoms with Gasteiger partial charge in [0.2, 0.25) is 11.9 Å². The number of phosphoric acid groups is 1. The molecule has 22 heteroatoms. The molecule has 0 aliphatic carbocycles. The van der Waals surface area contributed by atoms with E-state index in [1.807, 2.05) is 0 Å². The lowest BCUT2D eigenvalue weighted by atomic mass is 9.95. The molecule has 2 saturated heterocycles. The van der Waals surface area contributed by atoms with Crippen LogP contribution in [0.5, 0.6) is 0 Å². The Morgan fingerprint density at radius 3 is 2.50 bits per heavy atom. The van der Waals surface area contributed by atoms with Crippen LogP contribution in [0.25, 0.3) is 11.2 Å². The summed E-state index contributed by atoms with van der Waals surface area (Å²) in [5.74, 6) is -1.98. The average molecular weight is 729 g/mol. The maximum Gasteiger partial charge on any atom is 0.351 e. The van der Waals surface area contributed by atoms with Gasteiger partial charge in [-0.15, -0.1) is 0 Å². The number of methoxy groups -OCH3 is 1. The largest absolute Gasteiger partial charge is 0.756 e. The van der Waals surface area contributed by atoms with E-state index in [1.54, 1.807) is 13.8 Å². The molecule has 276 valence electrons. The molecule has 20 nitrogen and oxygen atoms in total. The number of hydrogen-bond donors (Lipinski definition) is 4. The van der Waals surface area contributed by atoms with Crippen molar-refractivity contribution in [2.75, 3.05) is 31.7 Å². The maximum atomic E-state index is 16.0. The standard InChI is InChI=1S/C28H41FN9O11P/c1-12(2)45-10-16-14(19(29)25(47-16)37-7-6-17(30)34-28(37)41)8-18(39)32-9-15-21(49-50(42,43)48-13(3)4)22(44-5)26(46-15)38-11-33-20-23(38)35-27(31)36-24(20)40/h6-7,11-16,19,21-22,25-26H,8-10H2,1-5H3,(H,32,39)(H,42,43)(H2,30,34,41)(H3,31,35,36,40)/p-1/t14-,15-,16-,19-,21-,22-,25-,26-/m1/s1. The number of rotatable bonds is 14. The van der Waals surface area contributed by atoms with Crippen LogP contribution in [0.3, 0.4) is 0 Å². The summed E-state index contributed by atoms with van der Waals surface area (Å²) < 4.78 is 64.8. The van der Waals surface area contributed by atoms with Gasteiger partial charge in [0.25, 0.3) is 13.4 Å². The van der Waals surface area contributed by atoms with Gasteiger partial charge in [-0.3, -0.25) is 28.3 Å². The first kappa shape index (κ1) is 37.4. The van der Waals surface area contributed by atoms with E-state index in [2.05, 4.69) is 25.3 Å². The van der Waals surface area contributed by atoms with Crippen molar-refractivity contribution in [3.8, 4) is 0 Å². The van der Waals surface area contributed by atoms with Crippen molar-refractivity contribution in [2.24, 2.45) is 5.92 Å². The fraction of sp³-hybridized carbons (Fsp3) is 0.643. The number of aromatic amines is 1. The van der Waals surface area contributed by atoms with Gasteiger partial charge in [0.15, 0.2) is 29.8 Å². The number of alkyl halides is 1. The number of nitrogens with one attached hydrogen (secondary N) is 2. The third kappa shape index (κ3) is 8.21. The number of carbonyl (C=O) groups excluding carboxylic acids is 1. The highest BCUT2D eigenvalue weighted by atomic mass is 31.2. The third-order valence-electron chi connectivity index (χ3n) is 7.99. The van der Waals surface area contributed by atoms with Gasteiger partial charge in [-0.05, 0) is 33.8 Å². The number of H-pyrrole nitrogens is 1. The first-order chi connectivity index (χ1) is 23.6. The van der Waals surface area contributed by atoms with Crippen LogP contribution in [0.2, 0.25) is 0 Å². The summed E-state index contributed by atoms with van der Waals surface area (Å²) in [5, 5.41) is 2.65. The van der Waals surface area contributed by atoms with Crippen molar-refractivity contribution in [1.29, 1.82) is 0 Å². The van der Waals surface area contributed by atoms with E-state index in [0.29, 0.717) is 0 Å². The normalized spacial score (nSPS) is 28.1. The Morgan fingerprint density at radius 1 is 1.12 bits per heavy atom. The summed E-state index contributed by atoms with van der Waals surface area (Å²) in [6.07, 6.45) is -8.00. The van der Waals surface area contributed by atoms with Crippen LogP contribution in [-0.2, 0) is 37.4 Å². The van der Waals surface area contributed by atoms with Crippen molar-refractivity contribution in [1.82, 2.24) is 34.4 Å². The Labute approximate surface area is 284 Å². The summed E-state index contributed by atoms with van der Waals surface area (Å²) in [6, 6.07) is 1.32. The Bertz CT molecular complexity index is 1840. The number of nitrogens with zero attached hydrogens (tertiary/aromatic N) is 5. The second-order valence-corrected chi connectivity index (χ2v) is 13.6. The van der Waals surface area contributed by atoms with Crippen LogP contribution in [0.4, 0.5) is 16.2 Å². The minimum atomic E-state index is -4.96. The molecule has 1 unspecified atom stereocenters. The predicted molar refractivity (Wildman–Crippen MR) is 170 cm³/mol. The van der Waals surface area contributed by atoms with E-state index in [9.17, 15) is 23.8 Å². The minimum Gasteiger partial charge on any atom is -0.756 e. The zero-order valence-corrected chi connectivity index (χ0v) is 28.7. The molecule has 9 atom stereocenters. The predicted octanol–water partition coefficient (Wildman–Crippen LogP) is -0.485. The zero-order valence-electron chi connectivity index (χ0n) is 27.8. The smallest absolute Gasteiger partial charge is 0.351 e. The highest BCUT2D eigenvalue weighted by Gasteiger charge is 2.50. The fourth-order valence-electron chi connectivity index (χ4n) is 5.84. The molecule has 0 aromatic carbocycles. The second-order valence-electron chi connectivity index (χ2n) is 12.3. The van der Waals surface area contributed by atoms with Crippen molar-refractivity contribution < 1.29 is 46.6 Å². The van der Waals surface area contributed by atoms with Gasteiger partial charge < -0.3 is 49.7 Å². The topological polar surface area (TPSA) is 275 Å². The number of hydrogen-bond acceptors (Lipinski definition) is 16. The third-order valence-corrected chi connectivity index (χ3v) is 9.17. The van der Waals surface area contributed by atoms with Crippen LogP contribution in [-0.4, -0.2) is 98.0 Å². The molecule has 2 aliphatic rings. The Morgan fingerprint density at radius 2 is 1.84 bits per heavy atom. The van der Waals surface area contributed by atoms with Gasteiger partial charge in [-0.2, -0.15) is 9.97 Å². The van der Waals surface area contributed by atoms with Crippen LogP contribution in [0, 0.1) is 5.92 Å². The highest BCUT2D eigenvalue weighted by Crippen LogP contribution is 2.47. The number of amides is 1. The second kappa shape index (κ2) is 15.2. The summed E-state index contributed by atoms with van der Waals surface area (Å²) in [5.41, 5.74) is 9.81. The summed E-state index contributed by atoms with van der Waals surface area (Å²) >= 11 is 0. The molecule has 5 heterocycles. The van der Waals surface area contributed by atoms with Crippen molar-refractivity contribution >= 4 is 36.7 Å². The lowest BCUT2D eigenvalue weighted by Gasteiger charge is -2.31. The quantitative estimate of drug-likeness (QED) is 0.153. The molecular weight excluding hydrogens is 688 g/mol. The number of aromatic nitrogens is 6. The average Bonchev–Trinajstić information content (AvgIpc) is 3.67. The van der Waals surface area contributed by atoms with Gasteiger partial charge in [-0.25, -0.2) is 14.2 Å². The Kier molecular flexibility index (Phi) is 11.4. The van der Waals surface area contributed by atoms with Crippen molar-refractivity contribution in [3.63, 3.8) is 0 Å². The molecule has 0 spiro atoms. The molecule has 5 rings (SSSR count). The van der Waals surface area contributed by atoms with E-state index < -0.39 is 86.5 Å². The Balaban J connectivity index is 1.37. The number of nitrogen functional groups attached to an aromatic ring is 2. The van der Waals surface area contributed by atoms with Crippen LogP contribution < -0.4 is 32.9 Å². The van der Waals surface area contributed by atoms with Gasteiger partial charge in [0.1, 0.15) is 24.1 Å². The molecule has 1 amide bonds. The van der Waals surface area contributed by atoms with Crippen LogP contribution >= 0.6 is 7.82 Å². The highest BCUT2D eigenvalue weighted by molar-refractivity contribution is 7.45. The zero-order chi connectivity index (χ0) is 36.5. The fourth-order valence-corrected chi connectivity index (χ4v) is 6.96. The Hall–Kier alpha value is -3.82. The lowest BCUT2D eigenvalue weighted by molar-refractivity contribution is -0.236. The maximum absolute atomic E-state index is 16.0. The lowest BCUT2D eigenvalue weighted by Crippen LogP contribution is -2.43. The number of fused-ring (bicyclic) bond motifs is 1. The van der Waals surface area contributed by atoms with E-state index in [4.69, 9.17) is 39.5 Å². The van der Waals surface area contributed by atoms with E-state index in [1.165, 1.54) is 44.1 Å².